The van der Waals surface area contributed by atoms with Gasteiger partial charge in [-0.05, 0) is 63.8 Å². The molecule has 2 heterocycles. The summed E-state index contributed by atoms with van der Waals surface area (Å²) >= 11 is 5.22. The van der Waals surface area contributed by atoms with Crippen LogP contribution in [0.1, 0.15) is 12.5 Å². The average molecular weight is 297 g/mol. The molecule has 0 aliphatic carbocycles. The number of hydrogen-bond donors (Lipinski definition) is 1. The van der Waals surface area contributed by atoms with Crippen molar-refractivity contribution in [2.45, 2.75) is 19.4 Å². The molecule has 0 fully saturated rings. The van der Waals surface area contributed by atoms with Gasteiger partial charge in [0.25, 0.3) is 0 Å². The Hall–Kier alpha value is -0.870. The minimum absolute atomic E-state index is 0.376. The van der Waals surface area contributed by atoms with Gasteiger partial charge in [0.1, 0.15) is 5.82 Å². The maximum absolute atomic E-state index is 4.29. The summed E-state index contributed by atoms with van der Waals surface area (Å²) in [4.78, 5) is 4.29. The second-order valence-electron chi connectivity index (χ2n) is 3.71. The van der Waals surface area contributed by atoms with Crippen molar-refractivity contribution >= 4 is 33.1 Å². The number of halogens is 1. The molecule has 0 saturated carbocycles. The molecule has 0 saturated heterocycles. The van der Waals surface area contributed by atoms with Crippen LogP contribution in [0.15, 0.2) is 39.6 Å². The molecule has 4 heteroatoms. The van der Waals surface area contributed by atoms with Crippen molar-refractivity contribution in [2.75, 3.05) is 5.32 Å². The zero-order valence-electron chi connectivity index (χ0n) is 8.98. The van der Waals surface area contributed by atoms with Crippen molar-refractivity contribution in [3.63, 3.8) is 0 Å². The number of hydrogen-bond acceptors (Lipinski definition) is 3. The molecule has 0 aromatic carbocycles. The fraction of sp³-hybridized carbons (Fsp3) is 0.250. The Kier molecular flexibility index (Phi) is 3.96. The predicted octanol–water partition coefficient (Wildman–Crippen LogP) is 3.95. The minimum atomic E-state index is 0.376. The van der Waals surface area contributed by atoms with Crippen LogP contribution < -0.4 is 5.32 Å². The van der Waals surface area contributed by atoms with E-state index in [1.165, 1.54) is 5.56 Å². The molecule has 16 heavy (non-hydrogen) atoms. The molecule has 0 radical (unpaired) electrons. The van der Waals surface area contributed by atoms with Crippen molar-refractivity contribution in [2.24, 2.45) is 0 Å². The van der Waals surface area contributed by atoms with E-state index in [1.54, 1.807) is 17.5 Å². The van der Waals surface area contributed by atoms with E-state index in [9.17, 15) is 0 Å². The highest BCUT2D eigenvalue weighted by molar-refractivity contribution is 9.10. The number of pyridine rings is 1. The summed E-state index contributed by atoms with van der Waals surface area (Å²) in [6.07, 6.45) is 2.82. The third-order valence-corrected chi connectivity index (χ3v) is 3.64. The Bertz CT molecular complexity index is 442. The molecule has 0 amide bonds. The first-order chi connectivity index (χ1) is 7.75. The molecular weight excluding hydrogens is 284 g/mol. The lowest BCUT2D eigenvalue weighted by Gasteiger charge is -2.14. The monoisotopic (exact) mass is 296 g/mol. The smallest absolute Gasteiger partial charge is 0.140 e. The lowest BCUT2D eigenvalue weighted by Crippen LogP contribution is -2.18. The van der Waals surface area contributed by atoms with Crippen molar-refractivity contribution in [1.29, 1.82) is 0 Å². The molecule has 84 valence electrons. The van der Waals surface area contributed by atoms with Gasteiger partial charge in [0.2, 0.25) is 0 Å². The van der Waals surface area contributed by atoms with Crippen molar-refractivity contribution in [3.8, 4) is 0 Å². The molecular formula is C12H13BrN2S. The quantitative estimate of drug-likeness (QED) is 0.924. The van der Waals surface area contributed by atoms with Gasteiger partial charge in [0, 0.05) is 12.2 Å². The number of nitrogens with zero attached hydrogens (tertiary/aromatic N) is 1. The van der Waals surface area contributed by atoms with Gasteiger partial charge >= 0.3 is 0 Å². The molecule has 1 atom stereocenters. The topological polar surface area (TPSA) is 24.9 Å². The Labute approximate surface area is 108 Å². The number of thiophene rings is 1. The maximum Gasteiger partial charge on any atom is 0.140 e. The molecule has 2 aromatic heterocycles. The molecule has 2 rings (SSSR count). The third-order valence-electron chi connectivity index (χ3n) is 2.26. The summed E-state index contributed by atoms with van der Waals surface area (Å²) in [6, 6.07) is 6.45. The molecule has 1 unspecified atom stereocenters. The van der Waals surface area contributed by atoms with Crippen LogP contribution in [0.4, 0.5) is 5.82 Å². The van der Waals surface area contributed by atoms with E-state index in [1.807, 2.05) is 12.1 Å². The zero-order valence-corrected chi connectivity index (χ0v) is 11.4. The summed E-state index contributed by atoms with van der Waals surface area (Å²) in [7, 11) is 0. The molecule has 0 bridgehead atoms. The fourth-order valence-corrected chi connectivity index (χ4v) is 2.59. The summed E-state index contributed by atoms with van der Waals surface area (Å²) in [6.45, 7) is 2.17. The van der Waals surface area contributed by atoms with E-state index in [-0.39, 0.29) is 0 Å². The van der Waals surface area contributed by atoms with E-state index >= 15 is 0 Å². The van der Waals surface area contributed by atoms with Gasteiger partial charge < -0.3 is 5.32 Å². The standard InChI is InChI=1S/C12H13BrN2S/c1-9(7-10-4-6-16-8-10)15-12-11(13)3-2-5-14-12/h2-6,8-9H,7H2,1H3,(H,14,15). The Balaban J connectivity index is 1.97. The highest BCUT2D eigenvalue weighted by Crippen LogP contribution is 2.20. The van der Waals surface area contributed by atoms with Crippen LogP contribution in [0.2, 0.25) is 0 Å². The maximum atomic E-state index is 4.29. The molecule has 2 nitrogen and oxygen atoms in total. The second kappa shape index (κ2) is 5.46. The van der Waals surface area contributed by atoms with Crippen LogP contribution >= 0.6 is 27.3 Å². The van der Waals surface area contributed by atoms with E-state index in [4.69, 9.17) is 0 Å². The number of rotatable bonds is 4. The number of aromatic nitrogens is 1. The van der Waals surface area contributed by atoms with Gasteiger partial charge in [-0.25, -0.2) is 4.98 Å². The Morgan fingerprint density at radius 2 is 2.38 bits per heavy atom. The number of anilines is 1. The van der Waals surface area contributed by atoms with Crippen LogP contribution in [0.3, 0.4) is 0 Å². The van der Waals surface area contributed by atoms with Gasteiger partial charge in [-0.3, -0.25) is 0 Å². The summed E-state index contributed by atoms with van der Waals surface area (Å²) < 4.78 is 1.01. The predicted molar refractivity (Wildman–Crippen MR) is 73.0 cm³/mol. The highest BCUT2D eigenvalue weighted by atomic mass is 79.9. The number of nitrogens with one attached hydrogen (secondary N) is 1. The zero-order chi connectivity index (χ0) is 11.4. The van der Waals surface area contributed by atoms with Crippen LogP contribution in [0.25, 0.3) is 0 Å². The molecule has 2 aromatic rings. The van der Waals surface area contributed by atoms with Crippen LogP contribution in [-0.2, 0) is 6.42 Å². The van der Waals surface area contributed by atoms with E-state index in [0.29, 0.717) is 6.04 Å². The lowest BCUT2D eigenvalue weighted by atomic mass is 10.1. The average Bonchev–Trinajstić information content (AvgIpc) is 2.74. The van der Waals surface area contributed by atoms with E-state index in [0.717, 1.165) is 16.7 Å². The molecule has 0 aliphatic heterocycles. The fourth-order valence-electron chi connectivity index (χ4n) is 1.54. The Morgan fingerprint density at radius 1 is 1.50 bits per heavy atom. The lowest BCUT2D eigenvalue weighted by molar-refractivity contribution is 0.786. The third kappa shape index (κ3) is 3.06. The first-order valence-corrected chi connectivity index (χ1v) is 6.87. The minimum Gasteiger partial charge on any atom is -0.366 e. The van der Waals surface area contributed by atoms with Crippen LogP contribution in [-0.4, -0.2) is 11.0 Å². The van der Waals surface area contributed by atoms with E-state index in [2.05, 4.69) is 50.0 Å². The van der Waals surface area contributed by atoms with E-state index < -0.39 is 0 Å². The van der Waals surface area contributed by atoms with Gasteiger partial charge in [-0.15, -0.1) is 0 Å². The summed E-state index contributed by atoms with van der Waals surface area (Å²) in [5.41, 5.74) is 1.37. The van der Waals surface area contributed by atoms with Crippen LogP contribution in [0, 0.1) is 0 Å². The van der Waals surface area contributed by atoms with Crippen LogP contribution in [0.5, 0.6) is 0 Å². The van der Waals surface area contributed by atoms with Crippen molar-refractivity contribution in [3.05, 3.63) is 45.2 Å². The van der Waals surface area contributed by atoms with Crippen molar-refractivity contribution < 1.29 is 0 Å². The Morgan fingerprint density at radius 3 is 3.06 bits per heavy atom. The van der Waals surface area contributed by atoms with Gasteiger partial charge in [0.15, 0.2) is 0 Å². The SMILES string of the molecule is CC(Cc1ccsc1)Nc1ncccc1Br. The van der Waals surface area contributed by atoms with Crippen molar-refractivity contribution in [1.82, 2.24) is 4.98 Å². The summed E-state index contributed by atoms with van der Waals surface area (Å²) in [5, 5.41) is 7.69. The van der Waals surface area contributed by atoms with Gasteiger partial charge in [0.05, 0.1) is 4.47 Å². The largest absolute Gasteiger partial charge is 0.366 e. The first kappa shape index (κ1) is 11.6. The highest BCUT2D eigenvalue weighted by Gasteiger charge is 2.06. The summed E-state index contributed by atoms with van der Waals surface area (Å²) in [5.74, 6) is 0.908. The first-order valence-electron chi connectivity index (χ1n) is 5.14. The molecule has 0 spiro atoms. The second-order valence-corrected chi connectivity index (χ2v) is 5.35. The van der Waals surface area contributed by atoms with Gasteiger partial charge in [-0.1, -0.05) is 0 Å². The molecule has 1 N–H and O–H groups in total. The normalized spacial score (nSPS) is 12.4. The van der Waals surface area contributed by atoms with Gasteiger partial charge in [-0.2, -0.15) is 11.3 Å². The molecule has 0 aliphatic rings.